The van der Waals surface area contributed by atoms with Crippen LogP contribution < -0.4 is 0 Å². The van der Waals surface area contributed by atoms with E-state index in [1.54, 1.807) is 0 Å². The molecule has 0 fully saturated rings. The predicted molar refractivity (Wildman–Crippen MR) is 126 cm³/mol. The molecule has 4 rings (SSSR count). The van der Waals surface area contributed by atoms with Gasteiger partial charge in [-0.3, -0.25) is 0 Å². The molecule has 0 nitrogen and oxygen atoms in total. The van der Waals surface area contributed by atoms with E-state index >= 15 is 0 Å². The number of rotatable bonds is 1. The molecule has 0 N–H and O–H groups in total. The van der Waals surface area contributed by atoms with E-state index in [0.717, 1.165) is 0 Å². The fourth-order valence-corrected chi connectivity index (χ4v) is 2.72. The molecule has 0 heterocycles. The largest absolute Gasteiger partial charge is 0.206 e. The van der Waals surface area contributed by atoms with Crippen molar-refractivity contribution < 1.29 is 16.2 Å². The zero-order valence-electron chi connectivity index (χ0n) is 16.8. The van der Waals surface area contributed by atoms with Crippen molar-refractivity contribution in [2.45, 2.75) is 25.4 Å². The number of hydrogen-bond donors (Lipinski definition) is 0. The van der Waals surface area contributed by atoms with E-state index in [2.05, 4.69) is 104 Å². The van der Waals surface area contributed by atoms with Gasteiger partial charge in [-0.05, 0) is 0 Å². The van der Waals surface area contributed by atoms with Crippen molar-refractivity contribution in [3.8, 4) is 11.1 Å². The predicted octanol–water partition coefficient (Wildman–Crippen LogP) is 8.41. The second-order valence-corrected chi connectivity index (χ2v) is 44.8. The Morgan fingerprint density at radius 2 is 1.43 bits per heavy atom. The van der Waals surface area contributed by atoms with Crippen LogP contribution in [0.15, 0.2) is 84.9 Å². The van der Waals surface area contributed by atoms with Gasteiger partial charge in [0.1, 0.15) is 0 Å². The third kappa shape index (κ3) is 7.34. The van der Waals surface area contributed by atoms with Gasteiger partial charge in [0.2, 0.25) is 0 Å². The van der Waals surface area contributed by atoms with Gasteiger partial charge in [0.05, 0.1) is 0 Å². The average Bonchev–Trinajstić information content (AvgIpc) is 3.33. The summed E-state index contributed by atoms with van der Waals surface area (Å²) in [5, 5.41) is 2.76. The third-order valence-corrected chi connectivity index (χ3v) is 39.0. The first-order valence-electron chi connectivity index (χ1n) is 9.27. The first-order valence-corrected chi connectivity index (χ1v) is 27.2. The van der Waals surface area contributed by atoms with Gasteiger partial charge in [0.15, 0.2) is 0 Å². The quantitative estimate of drug-likeness (QED) is 0.165. The molecule has 28 heavy (non-hydrogen) atoms. The minimum absolute atomic E-state index is 0.735. The Balaban J connectivity index is 0.000000158. The summed E-state index contributed by atoms with van der Waals surface area (Å²) < 4.78 is 0. The van der Waals surface area contributed by atoms with Crippen LogP contribution in [0.25, 0.3) is 21.9 Å². The summed E-state index contributed by atoms with van der Waals surface area (Å²) >= 11 is -1.59. The van der Waals surface area contributed by atoms with Crippen LogP contribution in [0.1, 0.15) is 11.1 Å². The van der Waals surface area contributed by atoms with Gasteiger partial charge in [-0.1, -0.05) is 55.8 Å². The third-order valence-electron chi connectivity index (χ3n) is 4.48. The van der Waals surface area contributed by atoms with Gasteiger partial charge in [0.25, 0.3) is 0 Å². The number of benzene rings is 2. The molecular weight excluding hydrogens is 523 g/mol. The van der Waals surface area contributed by atoms with E-state index in [0.29, 0.717) is 0 Å². The molecule has 4 aromatic rings. The topological polar surface area (TPSA) is 0 Å². The van der Waals surface area contributed by atoms with E-state index in [1.807, 2.05) is 6.07 Å². The zero-order chi connectivity index (χ0) is 20.5. The van der Waals surface area contributed by atoms with Crippen molar-refractivity contribution in [1.29, 1.82) is 0 Å². The van der Waals surface area contributed by atoms with Crippen LogP contribution >= 0.6 is 17.0 Å². The van der Waals surface area contributed by atoms with Crippen molar-refractivity contribution in [2.75, 3.05) is 0 Å². The molecule has 0 aliphatic carbocycles. The second-order valence-electron chi connectivity index (χ2n) is 6.84. The summed E-state index contributed by atoms with van der Waals surface area (Å²) in [6.07, 6.45) is 0. The van der Waals surface area contributed by atoms with E-state index < -0.39 is 26.2 Å². The van der Waals surface area contributed by atoms with Crippen LogP contribution in [-0.4, -0.2) is 9.98 Å². The fraction of sp³-hybridized carbons (Fsp3) is 0.167. The minimum Gasteiger partial charge on any atom is -0.206 e. The van der Waals surface area contributed by atoms with E-state index in [-0.39, 0.29) is 0 Å². The molecule has 146 valence electrons. The van der Waals surface area contributed by atoms with Crippen LogP contribution in [0, 0.1) is 13.8 Å². The summed E-state index contributed by atoms with van der Waals surface area (Å²) in [6.45, 7) is 4.34. The van der Waals surface area contributed by atoms with Gasteiger partial charge < -0.3 is 0 Å². The molecule has 4 heteroatoms. The summed E-state index contributed by atoms with van der Waals surface area (Å²) in [5.41, 5.74) is 5.40. The van der Waals surface area contributed by atoms with Crippen LogP contribution in [0.3, 0.4) is 0 Å². The maximum atomic E-state index is 5.65. The Labute approximate surface area is 185 Å². The second kappa shape index (κ2) is 12.2. The number of hydrogen-bond acceptors (Lipinski definition) is 0. The van der Waals surface area contributed by atoms with Crippen molar-refractivity contribution in [3.05, 3.63) is 96.1 Å². The van der Waals surface area contributed by atoms with Crippen molar-refractivity contribution in [3.63, 3.8) is 0 Å². The molecule has 0 saturated heterocycles. The molecule has 4 aromatic carbocycles. The van der Waals surface area contributed by atoms with Crippen molar-refractivity contribution in [2.24, 2.45) is 0 Å². The van der Waals surface area contributed by atoms with Gasteiger partial charge >= 0.3 is 54.8 Å². The van der Waals surface area contributed by atoms with E-state index in [4.69, 9.17) is 17.0 Å². The maximum absolute atomic E-state index is 5.65. The van der Waals surface area contributed by atoms with Gasteiger partial charge in [-0.15, -0.1) is 40.6 Å². The van der Waals surface area contributed by atoms with E-state index in [1.165, 1.54) is 33.0 Å². The molecule has 0 atom stereocenters. The summed E-state index contributed by atoms with van der Waals surface area (Å²) in [4.78, 5) is 0. The fourth-order valence-electron chi connectivity index (χ4n) is 2.72. The van der Waals surface area contributed by atoms with Crippen LogP contribution in [0.5, 0.6) is 0 Å². The molecular formula is C24H26Cl2GeZr-2. The SMILES string of the molecule is Cc1[cH-]c2ccccc2c1C.[CH3][Ge]([CH3])=[Zr]([Cl])[Cl].c1ccc(-c2cc[cH-]c2)cc1. The maximum Gasteiger partial charge on any atom is -0.0623 e. The normalized spacial score (nSPS) is 9.79. The van der Waals surface area contributed by atoms with Crippen LogP contribution in [0.2, 0.25) is 11.5 Å². The zero-order valence-corrected chi connectivity index (χ0v) is 22.9. The van der Waals surface area contributed by atoms with Gasteiger partial charge in [0, 0.05) is 0 Å². The standard InChI is InChI=1S/C11H11.C11H9.C2H6Ge.2ClH.Zr/c1-8-7-10-5-3-4-6-11(10)9(8)2;1-2-6-10(7-3-1)11-8-4-5-9-11;1-3-2;;;/h3-7H,1-2H3;1-9H;1-2H3;2*1H;/q2*-1;;;;+2/p-2. The number of halogens is 2. The first kappa shape index (κ1) is 23.7. The molecule has 0 amide bonds. The summed E-state index contributed by atoms with van der Waals surface area (Å²) in [6, 6.07) is 29.5. The van der Waals surface area contributed by atoms with Crippen LogP contribution in [0.4, 0.5) is 0 Å². The molecule has 0 unspecified atom stereocenters. The smallest absolute Gasteiger partial charge is 0.0623 e. The molecule has 0 aromatic heterocycles. The average molecular weight is 549 g/mol. The Morgan fingerprint density at radius 1 is 0.821 bits per heavy atom. The molecule has 0 saturated carbocycles. The molecule has 0 spiro atoms. The summed E-state index contributed by atoms with van der Waals surface area (Å²) in [7, 11) is 10.6. The first-order chi connectivity index (χ1) is 13.4. The Kier molecular flexibility index (Phi) is 10.3. The van der Waals surface area contributed by atoms with Crippen molar-refractivity contribution >= 4 is 37.8 Å². The number of fused-ring (bicyclic) bond motifs is 1. The van der Waals surface area contributed by atoms with Gasteiger partial charge in [-0.2, -0.15) is 29.3 Å². The monoisotopic (exact) mass is 548 g/mol. The Morgan fingerprint density at radius 3 is 1.96 bits per heavy atom. The van der Waals surface area contributed by atoms with Gasteiger partial charge in [-0.25, -0.2) is 6.07 Å². The molecule has 0 aliphatic heterocycles. The molecule has 0 bridgehead atoms. The Hall–Kier alpha value is -0.594. The minimum atomic E-state index is -1.59. The van der Waals surface area contributed by atoms with Crippen molar-refractivity contribution in [1.82, 2.24) is 0 Å². The van der Waals surface area contributed by atoms with E-state index in [9.17, 15) is 0 Å². The summed E-state index contributed by atoms with van der Waals surface area (Å²) in [5.74, 6) is 4.46. The Bertz CT molecular complexity index is 997. The number of aryl methyl sites for hydroxylation is 2. The molecule has 0 aliphatic rings. The van der Waals surface area contributed by atoms with Crippen LogP contribution in [-0.2, 0) is 16.2 Å². The molecule has 0 radical (unpaired) electrons.